The van der Waals surface area contributed by atoms with Gasteiger partial charge in [-0.2, -0.15) is 4.39 Å². The molecule has 1 amide bonds. The highest BCUT2D eigenvalue weighted by molar-refractivity contribution is 7.92. The highest BCUT2D eigenvalue weighted by Crippen LogP contribution is 2.40. The van der Waals surface area contributed by atoms with Crippen LogP contribution >= 0.6 is 22.9 Å². The minimum atomic E-state index is -3.87. The van der Waals surface area contributed by atoms with Gasteiger partial charge in [-0.3, -0.25) is 9.59 Å². The Hall–Kier alpha value is -1.82. The van der Waals surface area contributed by atoms with E-state index >= 15 is 0 Å². The van der Waals surface area contributed by atoms with Crippen LogP contribution in [-0.2, 0) is 19.4 Å². The zero-order valence-electron chi connectivity index (χ0n) is 16.4. The van der Waals surface area contributed by atoms with E-state index in [1.165, 1.54) is 0 Å². The Kier molecular flexibility index (Phi) is 6.47. The molecule has 2 N–H and O–H groups in total. The van der Waals surface area contributed by atoms with Gasteiger partial charge in [0.15, 0.2) is 20.1 Å². The summed E-state index contributed by atoms with van der Waals surface area (Å²) in [7, 11) is -3.87. The fourth-order valence-electron chi connectivity index (χ4n) is 3.83. The number of carbonyl (C=O) groups is 1. The molecule has 3 heterocycles. The number of thiazole rings is 1. The topological polar surface area (TPSA) is 118 Å². The molecule has 2 aromatic rings. The third-order valence-electron chi connectivity index (χ3n) is 5.57. The van der Waals surface area contributed by atoms with Crippen molar-refractivity contribution in [3.05, 3.63) is 38.5 Å². The van der Waals surface area contributed by atoms with Crippen LogP contribution in [0.5, 0.6) is 0 Å². The minimum Gasteiger partial charge on any atom is -0.381 e. The van der Waals surface area contributed by atoms with Crippen molar-refractivity contribution in [3.63, 3.8) is 0 Å². The Labute approximate surface area is 187 Å². The second kappa shape index (κ2) is 8.97. The van der Waals surface area contributed by atoms with Crippen LogP contribution < -0.4 is 10.9 Å². The number of aromatic nitrogens is 2. The minimum absolute atomic E-state index is 0.0320. The largest absolute Gasteiger partial charge is 0.381 e. The van der Waals surface area contributed by atoms with Gasteiger partial charge in [-0.25, -0.2) is 13.4 Å². The van der Waals surface area contributed by atoms with Crippen molar-refractivity contribution in [2.75, 3.05) is 18.5 Å². The number of H-pyrrole nitrogens is 1. The van der Waals surface area contributed by atoms with E-state index in [2.05, 4.69) is 15.3 Å². The van der Waals surface area contributed by atoms with Crippen molar-refractivity contribution in [2.24, 2.45) is 5.92 Å². The van der Waals surface area contributed by atoms with Gasteiger partial charge in [0.1, 0.15) is 0 Å². The fourth-order valence-corrected chi connectivity index (χ4v) is 6.82. The highest BCUT2D eigenvalue weighted by Gasteiger charge is 2.42. The standard InChI is InChI=1S/C19H21ClFN3O5S2/c20-13-8-22-18(26)15(16(13)31(27,28)11-1-2-11)12(7-10-3-5-29-6-4-10)17(25)24-19-23-9-14(21)30-19/h8-12H,1-7H2,(H,22,26)(H,23,24,25)/t12-/m0/s1. The first kappa shape index (κ1) is 22.4. The highest BCUT2D eigenvalue weighted by atomic mass is 35.5. The molecule has 1 atom stereocenters. The number of hydrogen-bond donors (Lipinski definition) is 2. The predicted molar refractivity (Wildman–Crippen MR) is 114 cm³/mol. The van der Waals surface area contributed by atoms with Crippen molar-refractivity contribution in [1.82, 2.24) is 9.97 Å². The number of carbonyl (C=O) groups excluding carboxylic acids is 1. The number of pyridine rings is 1. The summed E-state index contributed by atoms with van der Waals surface area (Å²) < 4.78 is 45.0. The van der Waals surface area contributed by atoms with Gasteiger partial charge in [-0.1, -0.05) is 22.9 Å². The monoisotopic (exact) mass is 489 g/mol. The molecule has 168 valence electrons. The Balaban J connectivity index is 1.78. The van der Waals surface area contributed by atoms with Crippen LogP contribution in [0.1, 0.15) is 43.6 Å². The van der Waals surface area contributed by atoms with Crippen LogP contribution in [-0.4, -0.2) is 42.8 Å². The van der Waals surface area contributed by atoms with Crippen LogP contribution in [0, 0.1) is 11.0 Å². The van der Waals surface area contributed by atoms with Gasteiger partial charge >= 0.3 is 0 Å². The van der Waals surface area contributed by atoms with Crippen LogP contribution in [0.15, 0.2) is 22.1 Å². The van der Waals surface area contributed by atoms with Gasteiger partial charge in [0.05, 0.1) is 27.3 Å². The Morgan fingerprint density at radius 1 is 1.35 bits per heavy atom. The Bertz CT molecular complexity index is 1140. The van der Waals surface area contributed by atoms with Crippen molar-refractivity contribution in [1.29, 1.82) is 0 Å². The lowest BCUT2D eigenvalue weighted by molar-refractivity contribution is -0.118. The summed E-state index contributed by atoms with van der Waals surface area (Å²) in [6.45, 7) is 1.05. The Morgan fingerprint density at radius 3 is 2.68 bits per heavy atom. The second-order valence-electron chi connectivity index (χ2n) is 7.76. The number of anilines is 1. The average Bonchev–Trinajstić information content (AvgIpc) is 3.52. The molecule has 0 spiro atoms. The lowest BCUT2D eigenvalue weighted by Gasteiger charge is -2.27. The maximum Gasteiger partial charge on any atom is 0.253 e. The van der Waals surface area contributed by atoms with Crippen LogP contribution in [0.4, 0.5) is 9.52 Å². The molecule has 0 radical (unpaired) electrons. The molecular formula is C19H21ClFN3O5S2. The van der Waals surface area contributed by atoms with E-state index < -0.39 is 37.6 Å². The normalized spacial score (nSPS) is 18.6. The predicted octanol–water partition coefficient (Wildman–Crippen LogP) is 3.10. The first-order valence-corrected chi connectivity index (χ1v) is 12.7. The number of amides is 1. The molecule has 2 aliphatic rings. The zero-order valence-corrected chi connectivity index (χ0v) is 18.8. The van der Waals surface area contributed by atoms with Crippen molar-refractivity contribution in [2.45, 2.75) is 48.2 Å². The third-order valence-corrected chi connectivity index (χ3v) is 9.04. The number of nitrogens with one attached hydrogen (secondary N) is 2. The smallest absolute Gasteiger partial charge is 0.253 e. The lowest BCUT2D eigenvalue weighted by Crippen LogP contribution is -2.32. The molecule has 31 heavy (non-hydrogen) atoms. The third kappa shape index (κ3) is 4.84. The zero-order chi connectivity index (χ0) is 22.2. The van der Waals surface area contributed by atoms with Crippen LogP contribution in [0.2, 0.25) is 5.02 Å². The molecule has 1 aliphatic heterocycles. The molecule has 0 bridgehead atoms. The van der Waals surface area contributed by atoms with Crippen molar-refractivity contribution < 1.29 is 22.3 Å². The van der Waals surface area contributed by atoms with Gasteiger partial charge in [-0.15, -0.1) is 0 Å². The molecule has 8 nitrogen and oxygen atoms in total. The van der Waals surface area contributed by atoms with Crippen LogP contribution in [0.25, 0.3) is 0 Å². The van der Waals surface area contributed by atoms with Gasteiger partial charge in [0.25, 0.3) is 5.56 Å². The molecule has 1 saturated carbocycles. The van der Waals surface area contributed by atoms with E-state index in [4.69, 9.17) is 16.3 Å². The van der Waals surface area contributed by atoms with Gasteiger partial charge in [-0.05, 0) is 38.0 Å². The fraction of sp³-hybridized carbons (Fsp3) is 0.526. The van der Waals surface area contributed by atoms with E-state index in [1.807, 2.05) is 0 Å². The van der Waals surface area contributed by atoms with E-state index in [9.17, 15) is 22.4 Å². The summed E-state index contributed by atoms with van der Waals surface area (Å²) in [6.07, 6.45) is 4.68. The summed E-state index contributed by atoms with van der Waals surface area (Å²) in [5.41, 5.74) is -0.846. The summed E-state index contributed by atoms with van der Waals surface area (Å²) in [5, 5.41) is 1.26. The van der Waals surface area contributed by atoms with Gasteiger partial charge in [0, 0.05) is 25.0 Å². The van der Waals surface area contributed by atoms with E-state index in [0.717, 1.165) is 12.4 Å². The second-order valence-corrected chi connectivity index (χ2v) is 11.3. The Morgan fingerprint density at radius 2 is 2.06 bits per heavy atom. The molecule has 1 saturated heterocycles. The quantitative estimate of drug-likeness (QED) is 0.617. The number of aromatic amines is 1. The molecule has 2 fully saturated rings. The number of sulfone groups is 1. The first-order chi connectivity index (χ1) is 14.8. The maximum absolute atomic E-state index is 13.3. The lowest BCUT2D eigenvalue weighted by atomic mass is 9.85. The SMILES string of the molecule is O=C(Nc1ncc(F)s1)[C@@H](CC1CCOCC1)c1c(S(=O)(=O)C2CC2)c(Cl)c[nH]c1=O. The number of rotatable bonds is 7. The maximum atomic E-state index is 13.3. The summed E-state index contributed by atoms with van der Waals surface area (Å²) in [4.78, 5) is 32.1. The summed E-state index contributed by atoms with van der Waals surface area (Å²) in [5.74, 6) is -1.67. The molecule has 2 aromatic heterocycles. The number of nitrogens with zero attached hydrogens (tertiary/aromatic N) is 1. The van der Waals surface area contributed by atoms with E-state index in [0.29, 0.717) is 50.2 Å². The number of ether oxygens (including phenoxy) is 1. The van der Waals surface area contributed by atoms with Crippen molar-refractivity contribution in [3.8, 4) is 0 Å². The average molecular weight is 490 g/mol. The van der Waals surface area contributed by atoms with E-state index in [1.54, 1.807) is 0 Å². The van der Waals surface area contributed by atoms with Gasteiger partial charge < -0.3 is 15.0 Å². The number of halogens is 2. The summed E-state index contributed by atoms with van der Waals surface area (Å²) in [6, 6.07) is 0. The molecule has 12 heteroatoms. The molecule has 0 aromatic carbocycles. The molecule has 4 rings (SSSR count). The van der Waals surface area contributed by atoms with Crippen LogP contribution in [0.3, 0.4) is 0 Å². The van der Waals surface area contributed by atoms with E-state index in [-0.39, 0.29) is 33.0 Å². The summed E-state index contributed by atoms with van der Waals surface area (Å²) >= 11 is 6.90. The molecule has 0 unspecified atom stereocenters. The first-order valence-electron chi connectivity index (χ1n) is 9.92. The van der Waals surface area contributed by atoms with Gasteiger partial charge in [0.2, 0.25) is 5.91 Å². The molecular weight excluding hydrogens is 469 g/mol. The number of hydrogen-bond acceptors (Lipinski definition) is 7. The van der Waals surface area contributed by atoms with Crippen molar-refractivity contribution >= 4 is 43.8 Å². The molecule has 1 aliphatic carbocycles.